The van der Waals surface area contributed by atoms with Crippen molar-refractivity contribution in [2.45, 2.75) is 51.1 Å². The number of fused-ring (bicyclic) bond motifs is 4. The van der Waals surface area contributed by atoms with Gasteiger partial charge in [-0.3, -0.25) is 28.8 Å². The highest BCUT2D eigenvalue weighted by atomic mass is 16.5. The third kappa shape index (κ3) is 9.72. The lowest BCUT2D eigenvalue weighted by atomic mass is 10.0. The van der Waals surface area contributed by atoms with Crippen LogP contribution in [0.2, 0.25) is 0 Å². The average Bonchev–Trinajstić information content (AvgIpc) is 3.62. The van der Waals surface area contributed by atoms with Gasteiger partial charge in [-0.05, 0) is 110 Å². The predicted octanol–water partition coefficient (Wildman–Crippen LogP) is 6.58. The zero-order valence-corrected chi connectivity index (χ0v) is 42.0. The smallest absolute Gasteiger partial charge is 0.258 e. The van der Waals surface area contributed by atoms with Crippen molar-refractivity contribution in [3.63, 3.8) is 0 Å². The summed E-state index contributed by atoms with van der Waals surface area (Å²) in [5, 5.41) is 15.3. The van der Waals surface area contributed by atoms with Gasteiger partial charge < -0.3 is 50.3 Å². The van der Waals surface area contributed by atoms with Crippen LogP contribution in [0, 0.1) is 0 Å². The Kier molecular flexibility index (Phi) is 14.7. The summed E-state index contributed by atoms with van der Waals surface area (Å²) < 4.78 is 11.7. The second-order valence-corrected chi connectivity index (χ2v) is 18.3. The van der Waals surface area contributed by atoms with E-state index in [-0.39, 0.29) is 37.3 Å². The van der Waals surface area contributed by atoms with Crippen LogP contribution in [0.15, 0.2) is 146 Å². The zero-order chi connectivity index (χ0) is 52.2. The van der Waals surface area contributed by atoms with Gasteiger partial charge in [0.1, 0.15) is 23.6 Å². The molecule has 2 aliphatic heterocycles. The fraction of sp³-hybridized carbons (Fsp3) is 0.241. The molecule has 6 amide bonds. The van der Waals surface area contributed by atoms with Gasteiger partial charge in [-0.25, -0.2) is 0 Å². The third-order valence-corrected chi connectivity index (χ3v) is 14.0. The minimum Gasteiger partial charge on any atom is -0.496 e. The van der Waals surface area contributed by atoms with Crippen LogP contribution in [0.3, 0.4) is 0 Å². The van der Waals surface area contributed by atoms with Crippen LogP contribution in [0.4, 0.5) is 22.7 Å². The van der Waals surface area contributed by atoms with Crippen molar-refractivity contribution < 1.29 is 38.2 Å². The molecule has 4 unspecified atom stereocenters. The lowest BCUT2D eigenvalue weighted by molar-refractivity contribution is -0.128. The summed E-state index contributed by atoms with van der Waals surface area (Å²) in [7, 11) is 6.43. The van der Waals surface area contributed by atoms with Gasteiger partial charge in [-0.2, -0.15) is 0 Å². The number of nitrogens with zero attached hydrogens (tertiary/aromatic N) is 4. The Balaban J connectivity index is 1.07. The van der Waals surface area contributed by atoms with E-state index in [4.69, 9.17) is 9.47 Å². The molecule has 2 heterocycles. The second kappa shape index (κ2) is 21.6. The largest absolute Gasteiger partial charge is 0.496 e. The van der Waals surface area contributed by atoms with Gasteiger partial charge in [0.25, 0.3) is 23.6 Å². The van der Waals surface area contributed by atoms with E-state index in [9.17, 15) is 19.2 Å². The summed E-state index contributed by atoms with van der Waals surface area (Å²) in [5.74, 6) is -1.54. The van der Waals surface area contributed by atoms with E-state index in [1.807, 2.05) is 72.8 Å². The third-order valence-electron chi connectivity index (χ3n) is 14.0. The van der Waals surface area contributed by atoms with Crippen LogP contribution in [0.25, 0.3) is 21.5 Å². The number of hydrogen-bond acceptors (Lipinski definition) is 10. The van der Waals surface area contributed by atoms with Gasteiger partial charge in [0, 0.05) is 22.3 Å². The van der Waals surface area contributed by atoms with Crippen molar-refractivity contribution in [1.29, 1.82) is 0 Å². The van der Waals surface area contributed by atoms with E-state index in [1.54, 1.807) is 125 Å². The molecule has 0 radical (unpaired) electrons. The molecule has 0 bridgehead atoms. The molecule has 0 spiro atoms. The molecule has 7 aromatic rings. The number of carbonyl (C=O) groups is 6. The van der Waals surface area contributed by atoms with Crippen LogP contribution >= 0.6 is 0 Å². The lowest BCUT2D eigenvalue weighted by Crippen LogP contribution is -2.55. The van der Waals surface area contributed by atoms with E-state index in [1.165, 1.54) is 9.80 Å². The summed E-state index contributed by atoms with van der Waals surface area (Å²) in [4.78, 5) is 93.1. The monoisotopic (exact) mass is 994 g/mol. The van der Waals surface area contributed by atoms with Crippen molar-refractivity contribution in [2.75, 3.05) is 61.0 Å². The first-order valence-corrected chi connectivity index (χ1v) is 24.4. The van der Waals surface area contributed by atoms with Crippen molar-refractivity contribution >= 4 is 79.7 Å². The van der Waals surface area contributed by atoms with E-state index in [0.29, 0.717) is 34.2 Å². The maximum absolute atomic E-state index is 15.0. The molecule has 16 heteroatoms. The van der Waals surface area contributed by atoms with E-state index >= 15 is 9.59 Å². The number of hydrogen-bond donors (Lipinski definition) is 4. The maximum Gasteiger partial charge on any atom is 0.258 e. The molecule has 0 aromatic heterocycles. The summed E-state index contributed by atoms with van der Waals surface area (Å²) in [5.41, 5.74) is 3.65. The molecule has 0 saturated heterocycles. The molecular formula is C58H58N8O8. The Labute approximate surface area is 429 Å². The molecule has 0 saturated carbocycles. The number of para-hydroxylation sites is 4. The molecule has 0 fully saturated rings. The van der Waals surface area contributed by atoms with Gasteiger partial charge in [0.05, 0.1) is 75.2 Å². The number of benzene rings is 7. The SMILES string of the molecule is CNC(C)C(=O)NC1CN(C(=O)c2ccc(C(=O)N3CC(NC(=O)C(C)NC)C(=O)N(Cc4c(OC)ccc5ccccc45)c4ccccc43)cc2)c2ccccc2N(Cc2c(OC)ccc3ccccc23)C1=O. The number of likely N-dealkylation sites (N-methyl/N-ethyl adjacent to an activating group) is 2. The van der Waals surface area contributed by atoms with Crippen LogP contribution in [0.1, 0.15) is 45.7 Å². The minimum absolute atomic E-state index is 0.0621. The van der Waals surface area contributed by atoms with Gasteiger partial charge in [0.15, 0.2) is 0 Å². The topological polar surface area (TPSA) is 182 Å². The first-order chi connectivity index (χ1) is 35.8. The normalized spacial score (nSPS) is 16.4. The van der Waals surface area contributed by atoms with Gasteiger partial charge in [-0.1, -0.05) is 84.9 Å². The van der Waals surface area contributed by atoms with Crippen molar-refractivity contribution in [2.24, 2.45) is 0 Å². The highest BCUT2D eigenvalue weighted by Crippen LogP contribution is 2.40. The number of nitrogens with one attached hydrogen (secondary N) is 4. The Hall–Kier alpha value is -8.60. The molecule has 2 aliphatic rings. The lowest BCUT2D eigenvalue weighted by Gasteiger charge is -2.27. The fourth-order valence-electron chi connectivity index (χ4n) is 9.68. The Morgan fingerprint density at radius 3 is 1.22 bits per heavy atom. The number of ether oxygens (including phenoxy) is 2. The number of methoxy groups -OCH3 is 2. The molecule has 7 aromatic carbocycles. The molecule has 4 atom stereocenters. The fourth-order valence-corrected chi connectivity index (χ4v) is 9.68. The molecule has 16 nitrogen and oxygen atoms in total. The molecule has 0 aliphatic carbocycles. The Bertz CT molecular complexity index is 3090. The zero-order valence-electron chi connectivity index (χ0n) is 42.0. The summed E-state index contributed by atoms with van der Waals surface area (Å²) in [6.07, 6.45) is 0. The molecule has 74 heavy (non-hydrogen) atoms. The van der Waals surface area contributed by atoms with Gasteiger partial charge in [0.2, 0.25) is 11.8 Å². The maximum atomic E-state index is 15.0. The number of amides is 6. The van der Waals surface area contributed by atoms with E-state index in [2.05, 4.69) is 21.3 Å². The standard InChI is InChI=1S/C58H58N8O8/c1-35(59-3)53(67)61-45-33-65(49-21-13-11-19-47(49)63(57(45)71)31-43-41-17-9-7-15-37(41)27-29-51(43)73-5)55(69)39-23-25-40(26-24-39)56(70)66-34-46(62-54(68)36(2)60-4)58(72)64(48-20-12-14-22-50(48)66)32-44-42-18-10-8-16-38(42)28-30-52(44)74-6/h7-30,35-36,45-46,59-60H,31-34H2,1-6H3,(H,61,67)(H,62,68). The van der Waals surface area contributed by atoms with Crippen molar-refractivity contribution in [1.82, 2.24) is 21.3 Å². The van der Waals surface area contributed by atoms with E-state index in [0.717, 1.165) is 32.7 Å². The van der Waals surface area contributed by atoms with Crippen LogP contribution in [-0.2, 0) is 32.3 Å². The van der Waals surface area contributed by atoms with Crippen LogP contribution in [-0.4, -0.2) is 101 Å². The Morgan fingerprint density at radius 1 is 0.500 bits per heavy atom. The Morgan fingerprint density at radius 2 is 0.851 bits per heavy atom. The first kappa shape index (κ1) is 50.3. The predicted molar refractivity (Wildman–Crippen MR) is 287 cm³/mol. The molecule has 9 rings (SSSR count). The second-order valence-electron chi connectivity index (χ2n) is 18.3. The van der Waals surface area contributed by atoms with Gasteiger partial charge >= 0.3 is 0 Å². The first-order valence-electron chi connectivity index (χ1n) is 24.4. The number of anilines is 4. The number of rotatable bonds is 14. The van der Waals surface area contributed by atoms with Crippen LogP contribution in [0.5, 0.6) is 11.5 Å². The summed E-state index contributed by atoms with van der Waals surface area (Å²) in [6.45, 7) is 3.06. The quantitative estimate of drug-likeness (QED) is 0.0930. The summed E-state index contributed by atoms with van der Waals surface area (Å²) in [6, 6.07) is 39.9. The van der Waals surface area contributed by atoms with E-state index < -0.39 is 59.6 Å². The van der Waals surface area contributed by atoms with Crippen LogP contribution < -0.4 is 50.3 Å². The summed E-state index contributed by atoms with van der Waals surface area (Å²) >= 11 is 0. The van der Waals surface area contributed by atoms with Gasteiger partial charge in [-0.15, -0.1) is 0 Å². The highest BCUT2D eigenvalue weighted by Gasteiger charge is 2.40. The van der Waals surface area contributed by atoms with Crippen molar-refractivity contribution in [3.8, 4) is 11.5 Å². The molecule has 4 N–H and O–H groups in total. The van der Waals surface area contributed by atoms with Crippen molar-refractivity contribution in [3.05, 3.63) is 168 Å². The highest BCUT2D eigenvalue weighted by molar-refractivity contribution is 6.15. The molecule has 378 valence electrons. The number of carbonyl (C=O) groups excluding carboxylic acids is 6. The molecular weight excluding hydrogens is 937 g/mol. The average molecular weight is 995 g/mol. The minimum atomic E-state index is -1.17.